The highest BCUT2D eigenvalue weighted by Crippen LogP contribution is 2.14. The monoisotopic (exact) mass is 391 g/mol. The molecule has 0 bridgehead atoms. The number of nitrogens with one attached hydrogen (secondary N) is 2. The van der Waals surface area contributed by atoms with Crippen molar-refractivity contribution in [3.8, 4) is 5.75 Å². The Bertz CT molecular complexity index is 714. The number of urea groups is 1. The van der Waals surface area contributed by atoms with Crippen molar-refractivity contribution in [2.24, 2.45) is 0 Å². The molecule has 0 aliphatic heterocycles. The fraction of sp³-hybridized carbons (Fsp3) is 0.381. The van der Waals surface area contributed by atoms with Gasteiger partial charge in [0.05, 0.1) is 0 Å². The fourth-order valence-electron chi connectivity index (χ4n) is 2.67. The van der Waals surface area contributed by atoms with Gasteiger partial charge in [-0.3, -0.25) is 0 Å². The third-order valence-electron chi connectivity index (χ3n) is 4.02. The van der Waals surface area contributed by atoms with E-state index in [4.69, 9.17) is 4.74 Å². The van der Waals surface area contributed by atoms with Crippen molar-refractivity contribution < 1.29 is 18.3 Å². The number of ether oxygens (including phenoxy) is 1. The third-order valence-corrected chi connectivity index (χ3v) is 4.02. The summed E-state index contributed by atoms with van der Waals surface area (Å²) in [5.74, 6) is 0.362. The molecule has 2 aromatic carbocycles. The summed E-state index contributed by atoms with van der Waals surface area (Å²) in [6.07, 6.45) is -1.67. The van der Waals surface area contributed by atoms with Crippen molar-refractivity contribution in [2.45, 2.75) is 25.9 Å². The third kappa shape index (κ3) is 8.81. The van der Waals surface area contributed by atoms with Gasteiger partial charge < -0.3 is 20.3 Å². The molecule has 2 aromatic rings. The van der Waals surface area contributed by atoms with E-state index >= 15 is 0 Å². The summed E-state index contributed by atoms with van der Waals surface area (Å²) in [6, 6.07) is 16.7. The number of benzene rings is 2. The lowest BCUT2D eigenvalue weighted by atomic mass is 10.2. The number of carbonyl (C=O) groups excluding carboxylic acids is 1. The van der Waals surface area contributed by atoms with Crippen LogP contribution in [-0.4, -0.2) is 44.1 Å². The van der Waals surface area contributed by atoms with Crippen LogP contribution in [0.4, 0.5) is 13.6 Å². The van der Waals surface area contributed by atoms with E-state index < -0.39 is 13.0 Å². The molecule has 0 aromatic heterocycles. The Morgan fingerprint density at radius 3 is 2.57 bits per heavy atom. The van der Waals surface area contributed by atoms with Crippen molar-refractivity contribution in [3.63, 3.8) is 0 Å². The zero-order valence-electron chi connectivity index (χ0n) is 16.0. The molecule has 0 unspecified atom stereocenters. The first kappa shape index (κ1) is 21.6. The van der Waals surface area contributed by atoms with Gasteiger partial charge >= 0.3 is 6.03 Å². The van der Waals surface area contributed by atoms with Gasteiger partial charge in [-0.15, -0.1) is 0 Å². The summed E-state index contributed by atoms with van der Waals surface area (Å²) in [4.78, 5) is 14.1. The summed E-state index contributed by atoms with van der Waals surface area (Å²) in [6.45, 7) is 1.97. The van der Waals surface area contributed by atoms with E-state index in [2.05, 4.69) is 34.7 Å². The van der Waals surface area contributed by atoms with Gasteiger partial charge in [0.25, 0.3) is 6.43 Å². The van der Waals surface area contributed by atoms with Gasteiger partial charge in [-0.2, -0.15) is 0 Å². The molecule has 0 heterocycles. The summed E-state index contributed by atoms with van der Waals surface area (Å²) in [7, 11) is 2.05. The van der Waals surface area contributed by atoms with Crippen LogP contribution >= 0.6 is 0 Å². The number of amides is 2. The van der Waals surface area contributed by atoms with Crippen LogP contribution in [0.5, 0.6) is 5.75 Å². The van der Waals surface area contributed by atoms with E-state index in [0.29, 0.717) is 18.8 Å². The quantitative estimate of drug-likeness (QED) is 0.575. The van der Waals surface area contributed by atoms with Gasteiger partial charge in [0.15, 0.2) is 0 Å². The second-order valence-corrected chi connectivity index (χ2v) is 6.54. The summed E-state index contributed by atoms with van der Waals surface area (Å²) in [5, 5.41) is 5.57. The first-order valence-electron chi connectivity index (χ1n) is 9.27. The standard InChI is InChI=1S/C21H27F2N3O2/c1-26(15-17-7-3-2-4-8-17)12-6-11-24-21(27)25-14-18-9-5-10-19(13-18)28-16-20(22)23/h2-5,7-10,13,20H,6,11-12,14-16H2,1H3,(H2,24,25,27). The lowest BCUT2D eigenvalue weighted by Crippen LogP contribution is -2.36. The van der Waals surface area contributed by atoms with Crippen LogP contribution in [-0.2, 0) is 13.1 Å². The molecule has 5 nitrogen and oxygen atoms in total. The molecule has 0 aliphatic rings. The normalized spacial score (nSPS) is 10.9. The summed E-state index contributed by atoms with van der Waals surface area (Å²) >= 11 is 0. The lowest BCUT2D eigenvalue weighted by molar-refractivity contribution is 0.0818. The van der Waals surface area contributed by atoms with Gasteiger partial charge in [-0.1, -0.05) is 42.5 Å². The molecule has 2 rings (SSSR count). The van der Waals surface area contributed by atoms with E-state index in [1.54, 1.807) is 24.3 Å². The molecule has 0 aliphatic carbocycles. The number of carbonyl (C=O) groups is 1. The highest BCUT2D eigenvalue weighted by atomic mass is 19.3. The number of nitrogens with zero attached hydrogens (tertiary/aromatic N) is 1. The first-order valence-corrected chi connectivity index (χ1v) is 9.27. The van der Waals surface area contributed by atoms with E-state index in [1.165, 1.54) is 5.56 Å². The van der Waals surface area contributed by atoms with Gasteiger partial charge in [-0.05, 0) is 43.3 Å². The van der Waals surface area contributed by atoms with Crippen molar-refractivity contribution in [2.75, 3.05) is 26.7 Å². The maximum Gasteiger partial charge on any atom is 0.315 e. The Morgan fingerprint density at radius 2 is 1.82 bits per heavy atom. The molecule has 2 N–H and O–H groups in total. The van der Waals surface area contributed by atoms with Crippen LogP contribution in [0.1, 0.15) is 17.5 Å². The maximum atomic E-state index is 12.2. The zero-order chi connectivity index (χ0) is 20.2. The summed E-state index contributed by atoms with van der Waals surface area (Å²) in [5.41, 5.74) is 2.04. The van der Waals surface area contributed by atoms with Gasteiger partial charge in [0.1, 0.15) is 12.4 Å². The van der Waals surface area contributed by atoms with E-state index in [9.17, 15) is 13.6 Å². The number of hydrogen-bond acceptors (Lipinski definition) is 3. The predicted octanol–water partition coefficient (Wildman–Crippen LogP) is 3.65. The van der Waals surface area contributed by atoms with Crippen LogP contribution in [0.25, 0.3) is 0 Å². The zero-order valence-corrected chi connectivity index (χ0v) is 16.0. The summed E-state index contributed by atoms with van der Waals surface area (Å²) < 4.78 is 29.4. The topological polar surface area (TPSA) is 53.6 Å². The van der Waals surface area contributed by atoms with E-state index in [1.807, 2.05) is 18.2 Å². The second-order valence-electron chi connectivity index (χ2n) is 6.54. The Labute approximate surface area is 164 Å². The molecular formula is C21H27F2N3O2. The predicted molar refractivity (Wildman–Crippen MR) is 106 cm³/mol. The minimum Gasteiger partial charge on any atom is -0.488 e. The smallest absolute Gasteiger partial charge is 0.315 e. The molecule has 2 amide bonds. The minimum absolute atomic E-state index is 0.260. The Morgan fingerprint density at radius 1 is 1.07 bits per heavy atom. The van der Waals surface area contributed by atoms with E-state index in [0.717, 1.165) is 25.1 Å². The molecule has 0 radical (unpaired) electrons. The van der Waals surface area contributed by atoms with Crippen molar-refractivity contribution in [3.05, 3.63) is 65.7 Å². The van der Waals surface area contributed by atoms with Crippen LogP contribution in [0.3, 0.4) is 0 Å². The van der Waals surface area contributed by atoms with Crippen molar-refractivity contribution >= 4 is 6.03 Å². The SMILES string of the molecule is CN(CCCNC(=O)NCc1cccc(OCC(F)F)c1)Cc1ccccc1. The van der Waals surface area contributed by atoms with Gasteiger partial charge in [0.2, 0.25) is 0 Å². The molecule has 0 saturated carbocycles. The number of rotatable bonds is 11. The highest BCUT2D eigenvalue weighted by molar-refractivity contribution is 5.73. The molecule has 0 fully saturated rings. The Hall–Kier alpha value is -2.67. The average Bonchev–Trinajstić information content (AvgIpc) is 2.69. The van der Waals surface area contributed by atoms with Gasteiger partial charge in [0, 0.05) is 19.6 Å². The van der Waals surface area contributed by atoms with Crippen LogP contribution in [0, 0.1) is 0 Å². The highest BCUT2D eigenvalue weighted by Gasteiger charge is 2.05. The molecule has 0 saturated heterocycles. The maximum absolute atomic E-state index is 12.2. The van der Waals surface area contributed by atoms with Crippen molar-refractivity contribution in [1.29, 1.82) is 0 Å². The molecule has 152 valence electrons. The number of halogens is 2. The number of hydrogen-bond donors (Lipinski definition) is 2. The van der Waals surface area contributed by atoms with Gasteiger partial charge in [-0.25, -0.2) is 13.6 Å². The molecule has 0 spiro atoms. The first-order chi connectivity index (χ1) is 13.5. The minimum atomic E-state index is -2.51. The second kappa shape index (κ2) is 11.9. The fourth-order valence-corrected chi connectivity index (χ4v) is 2.67. The van der Waals surface area contributed by atoms with Crippen LogP contribution < -0.4 is 15.4 Å². The molecule has 7 heteroatoms. The Balaban J connectivity index is 1.60. The Kier molecular flexibility index (Phi) is 9.21. The van der Waals surface area contributed by atoms with E-state index in [-0.39, 0.29) is 6.03 Å². The molecule has 28 heavy (non-hydrogen) atoms. The molecular weight excluding hydrogens is 364 g/mol. The lowest BCUT2D eigenvalue weighted by Gasteiger charge is -2.16. The number of alkyl halides is 2. The largest absolute Gasteiger partial charge is 0.488 e. The van der Waals surface area contributed by atoms with Crippen LogP contribution in [0.15, 0.2) is 54.6 Å². The van der Waals surface area contributed by atoms with Crippen molar-refractivity contribution in [1.82, 2.24) is 15.5 Å². The van der Waals surface area contributed by atoms with Crippen LogP contribution in [0.2, 0.25) is 0 Å². The molecule has 0 atom stereocenters. The average molecular weight is 391 g/mol.